The largest absolute Gasteiger partial charge is 0.480 e. The van der Waals surface area contributed by atoms with E-state index in [0.717, 1.165) is 0 Å². The van der Waals surface area contributed by atoms with E-state index in [1.54, 1.807) is 25.1 Å². The molecule has 1 N–H and O–H groups in total. The molecule has 0 radical (unpaired) electrons. The first-order valence-electron chi connectivity index (χ1n) is 4.68. The fourth-order valence-corrected chi connectivity index (χ4v) is 1.52. The van der Waals surface area contributed by atoms with Gasteiger partial charge < -0.3 is 10.0 Å². The van der Waals surface area contributed by atoms with Crippen LogP contribution in [-0.4, -0.2) is 40.0 Å². The second kappa shape index (κ2) is 5.60. The minimum absolute atomic E-state index is 0.234. The van der Waals surface area contributed by atoms with Crippen LogP contribution in [0.5, 0.6) is 0 Å². The molecule has 0 aliphatic heterocycles. The van der Waals surface area contributed by atoms with Crippen molar-refractivity contribution in [3.8, 4) is 0 Å². The Morgan fingerprint density at radius 3 is 2.69 bits per heavy atom. The maximum absolute atomic E-state index is 11.8. The molecule has 1 amide bonds. The number of likely N-dealkylation sites (N-methyl/N-ethyl adjacent to an activating group) is 1. The van der Waals surface area contributed by atoms with Gasteiger partial charge in [-0.05, 0) is 35.0 Å². The fourth-order valence-electron chi connectivity index (χ4n) is 1.18. The number of halogens is 1. The standard InChI is InChI=1S/C10H11BrN2O3/c1-2-13(6-9(14)15)10(16)7-4-3-5-8(11)12-7/h3-5H,2,6H2,1H3,(H,14,15). The number of carbonyl (C=O) groups is 2. The van der Waals surface area contributed by atoms with Gasteiger partial charge in [0.05, 0.1) is 0 Å². The second-order valence-electron chi connectivity index (χ2n) is 3.06. The van der Waals surface area contributed by atoms with Crippen LogP contribution >= 0.6 is 15.9 Å². The van der Waals surface area contributed by atoms with Crippen molar-refractivity contribution >= 4 is 27.8 Å². The van der Waals surface area contributed by atoms with E-state index < -0.39 is 5.97 Å². The number of carbonyl (C=O) groups excluding carboxylic acids is 1. The molecule has 0 aliphatic rings. The molecule has 0 saturated heterocycles. The van der Waals surface area contributed by atoms with E-state index >= 15 is 0 Å². The van der Waals surface area contributed by atoms with E-state index in [0.29, 0.717) is 11.1 Å². The van der Waals surface area contributed by atoms with Crippen molar-refractivity contribution in [3.63, 3.8) is 0 Å². The predicted octanol–water partition coefficient (Wildman–Crippen LogP) is 1.39. The zero-order chi connectivity index (χ0) is 12.1. The molecule has 16 heavy (non-hydrogen) atoms. The number of hydrogen-bond acceptors (Lipinski definition) is 3. The Morgan fingerprint density at radius 1 is 1.50 bits per heavy atom. The van der Waals surface area contributed by atoms with Crippen LogP contribution in [0.4, 0.5) is 0 Å². The van der Waals surface area contributed by atoms with Gasteiger partial charge in [-0.15, -0.1) is 0 Å². The van der Waals surface area contributed by atoms with Crippen LogP contribution in [0.1, 0.15) is 17.4 Å². The van der Waals surface area contributed by atoms with E-state index in [9.17, 15) is 9.59 Å². The number of amides is 1. The first-order chi connectivity index (χ1) is 7.54. The van der Waals surface area contributed by atoms with Gasteiger partial charge in [0.1, 0.15) is 16.8 Å². The second-order valence-corrected chi connectivity index (χ2v) is 3.87. The Balaban J connectivity index is 2.86. The molecule has 1 aromatic heterocycles. The van der Waals surface area contributed by atoms with Crippen molar-refractivity contribution < 1.29 is 14.7 Å². The molecule has 0 atom stereocenters. The topological polar surface area (TPSA) is 70.5 Å². The van der Waals surface area contributed by atoms with Crippen LogP contribution in [-0.2, 0) is 4.79 Å². The SMILES string of the molecule is CCN(CC(=O)O)C(=O)c1cccc(Br)n1. The number of aromatic nitrogens is 1. The summed E-state index contributed by atoms with van der Waals surface area (Å²) in [4.78, 5) is 27.6. The number of carboxylic acid groups (broad SMARTS) is 1. The highest BCUT2D eigenvalue weighted by atomic mass is 79.9. The van der Waals surface area contributed by atoms with E-state index in [1.165, 1.54) is 4.90 Å². The Labute approximate surface area is 101 Å². The van der Waals surface area contributed by atoms with Gasteiger partial charge in [-0.2, -0.15) is 0 Å². The number of pyridine rings is 1. The summed E-state index contributed by atoms with van der Waals surface area (Å²) in [5.41, 5.74) is 0.234. The van der Waals surface area contributed by atoms with Crippen LogP contribution < -0.4 is 0 Å². The number of rotatable bonds is 4. The Morgan fingerprint density at radius 2 is 2.19 bits per heavy atom. The van der Waals surface area contributed by atoms with Gasteiger partial charge in [-0.3, -0.25) is 9.59 Å². The van der Waals surface area contributed by atoms with Crippen molar-refractivity contribution in [3.05, 3.63) is 28.5 Å². The normalized spacial score (nSPS) is 9.88. The van der Waals surface area contributed by atoms with Gasteiger partial charge >= 0.3 is 5.97 Å². The summed E-state index contributed by atoms with van der Waals surface area (Å²) >= 11 is 3.15. The summed E-state index contributed by atoms with van der Waals surface area (Å²) in [6, 6.07) is 4.93. The molecule has 0 unspecified atom stereocenters. The molecule has 0 bridgehead atoms. The van der Waals surface area contributed by atoms with E-state index in [2.05, 4.69) is 20.9 Å². The summed E-state index contributed by atoms with van der Waals surface area (Å²) < 4.78 is 0.546. The van der Waals surface area contributed by atoms with Gasteiger partial charge in [0.25, 0.3) is 5.91 Å². The van der Waals surface area contributed by atoms with Crippen LogP contribution in [0.3, 0.4) is 0 Å². The average molecular weight is 287 g/mol. The zero-order valence-electron chi connectivity index (χ0n) is 8.68. The molecule has 86 valence electrons. The minimum atomic E-state index is -1.04. The number of hydrogen-bond donors (Lipinski definition) is 1. The monoisotopic (exact) mass is 286 g/mol. The number of carboxylic acids is 1. The number of nitrogens with zero attached hydrogens (tertiary/aromatic N) is 2. The van der Waals surface area contributed by atoms with Crippen molar-refractivity contribution in [2.75, 3.05) is 13.1 Å². The van der Waals surface area contributed by atoms with Crippen molar-refractivity contribution in [1.29, 1.82) is 0 Å². The van der Waals surface area contributed by atoms with Crippen LogP contribution in [0.15, 0.2) is 22.8 Å². The van der Waals surface area contributed by atoms with Gasteiger partial charge in [0, 0.05) is 6.54 Å². The fraction of sp³-hybridized carbons (Fsp3) is 0.300. The van der Waals surface area contributed by atoms with Crippen molar-refractivity contribution in [2.24, 2.45) is 0 Å². The summed E-state index contributed by atoms with van der Waals surface area (Å²) in [6.07, 6.45) is 0. The summed E-state index contributed by atoms with van der Waals surface area (Å²) in [5.74, 6) is -1.42. The Kier molecular flexibility index (Phi) is 4.42. The van der Waals surface area contributed by atoms with E-state index in [-0.39, 0.29) is 18.1 Å². The lowest BCUT2D eigenvalue weighted by Crippen LogP contribution is -2.35. The lowest BCUT2D eigenvalue weighted by Gasteiger charge is -2.17. The molecule has 1 heterocycles. The molecule has 5 nitrogen and oxygen atoms in total. The first-order valence-corrected chi connectivity index (χ1v) is 5.47. The van der Waals surface area contributed by atoms with Gasteiger partial charge in [-0.25, -0.2) is 4.98 Å². The summed E-state index contributed by atoms with van der Waals surface area (Å²) in [6.45, 7) is 1.74. The highest BCUT2D eigenvalue weighted by Crippen LogP contribution is 2.08. The molecule has 0 aliphatic carbocycles. The predicted molar refractivity (Wildman–Crippen MR) is 61.2 cm³/mol. The molecular formula is C10H11BrN2O3. The molecule has 0 fully saturated rings. The quantitative estimate of drug-likeness (QED) is 0.849. The van der Waals surface area contributed by atoms with E-state index in [1.807, 2.05) is 0 Å². The molecule has 0 saturated carbocycles. The van der Waals surface area contributed by atoms with Gasteiger partial charge in [-0.1, -0.05) is 6.07 Å². The Hall–Kier alpha value is -1.43. The summed E-state index contributed by atoms with van der Waals surface area (Å²) in [7, 11) is 0. The molecule has 0 spiro atoms. The number of aliphatic carboxylic acids is 1. The summed E-state index contributed by atoms with van der Waals surface area (Å²) in [5, 5.41) is 8.64. The van der Waals surface area contributed by atoms with Gasteiger partial charge in [0.2, 0.25) is 0 Å². The highest BCUT2D eigenvalue weighted by Gasteiger charge is 2.17. The maximum atomic E-state index is 11.8. The van der Waals surface area contributed by atoms with Gasteiger partial charge in [0.15, 0.2) is 0 Å². The molecular weight excluding hydrogens is 276 g/mol. The minimum Gasteiger partial charge on any atom is -0.480 e. The highest BCUT2D eigenvalue weighted by molar-refractivity contribution is 9.10. The lowest BCUT2D eigenvalue weighted by atomic mass is 10.3. The third kappa shape index (κ3) is 3.30. The lowest BCUT2D eigenvalue weighted by molar-refractivity contribution is -0.137. The smallest absolute Gasteiger partial charge is 0.323 e. The zero-order valence-corrected chi connectivity index (χ0v) is 10.3. The van der Waals surface area contributed by atoms with Crippen molar-refractivity contribution in [1.82, 2.24) is 9.88 Å². The molecule has 1 aromatic rings. The van der Waals surface area contributed by atoms with E-state index in [4.69, 9.17) is 5.11 Å². The maximum Gasteiger partial charge on any atom is 0.323 e. The third-order valence-electron chi connectivity index (χ3n) is 1.93. The van der Waals surface area contributed by atoms with Crippen LogP contribution in [0, 0.1) is 0 Å². The Bertz CT molecular complexity index is 409. The molecule has 1 rings (SSSR count). The molecule has 6 heteroatoms. The average Bonchev–Trinajstić information content (AvgIpc) is 2.24. The first kappa shape index (κ1) is 12.6. The van der Waals surface area contributed by atoms with Crippen LogP contribution in [0.25, 0.3) is 0 Å². The van der Waals surface area contributed by atoms with Crippen LogP contribution in [0.2, 0.25) is 0 Å². The third-order valence-corrected chi connectivity index (χ3v) is 2.37. The molecule has 0 aromatic carbocycles. The van der Waals surface area contributed by atoms with Crippen molar-refractivity contribution in [2.45, 2.75) is 6.92 Å².